The number of rotatable bonds is 2. The van der Waals surface area contributed by atoms with Gasteiger partial charge in [0.1, 0.15) is 18.2 Å². The molecule has 0 radical (unpaired) electrons. The first-order valence-corrected chi connectivity index (χ1v) is 5.84. The van der Waals surface area contributed by atoms with Crippen LogP contribution >= 0.6 is 0 Å². The van der Waals surface area contributed by atoms with Crippen LogP contribution in [-0.4, -0.2) is 39.4 Å². The molecular weight excluding hydrogens is 278 g/mol. The summed E-state index contributed by atoms with van der Waals surface area (Å²) in [5, 5.41) is 25.6. The Morgan fingerprint density at radius 2 is 2.10 bits per heavy atom. The smallest absolute Gasteiger partial charge is 0.344 e. The van der Waals surface area contributed by atoms with Crippen molar-refractivity contribution in [3.63, 3.8) is 0 Å². The summed E-state index contributed by atoms with van der Waals surface area (Å²) in [4.78, 5) is 34.1. The highest BCUT2D eigenvalue weighted by Crippen LogP contribution is 2.18. The number of nitrogens with one attached hydrogen (secondary N) is 1. The third kappa shape index (κ3) is 2.34. The summed E-state index contributed by atoms with van der Waals surface area (Å²) in [6.45, 7) is 1.25. The van der Waals surface area contributed by atoms with Crippen LogP contribution in [0.15, 0.2) is 9.90 Å². The van der Waals surface area contributed by atoms with E-state index < -0.39 is 17.5 Å². The average molecular weight is 289 g/mol. The van der Waals surface area contributed by atoms with E-state index >= 15 is 0 Å². The van der Waals surface area contributed by atoms with E-state index in [1.807, 2.05) is 5.32 Å². The zero-order chi connectivity index (χ0) is 15.7. The van der Waals surface area contributed by atoms with Crippen molar-refractivity contribution in [3.05, 3.63) is 27.0 Å². The lowest BCUT2D eigenvalue weighted by Crippen LogP contribution is -2.25. The summed E-state index contributed by atoms with van der Waals surface area (Å²) >= 11 is 0. The largest absolute Gasteiger partial charge is 0.494 e. The van der Waals surface area contributed by atoms with Crippen molar-refractivity contribution in [3.8, 4) is 11.9 Å². The van der Waals surface area contributed by atoms with E-state index in [4.69, 9.17) is 5.26 Å². The normalized spacial score (nSPS) is 14.6. The van der Waals surface area contributed by atoms with Gasteiger partial charge in [-0.2, -0.15) is 10.4 Å². The van der Waals surface area contributed by atoms with Gasteiger partial charge in [-0.25, -0.2) is 9.80 Å². The van der Waals surface area contributed by atoms with E-state index in [-0.39, 0.29) is 29.1 Å². The molecule has 3 amide bonds. The molecular formula is C12H11N5O4. The van der Waals surface area contributed by atoms with Gasteiger partial charge in [-0.15, -0.1) is 0 Å². The Morgan fingerprint density at radius 1 is 1.43 bits per heavy atom. The van der Waals surface area contributed by atoms with E-state index in [0.717, 1.165) is 15.8 Å². The highest BCUT2D eigenvalue weighted by atomic mass is 16.3. The minimum Gasteiger partial charge on any atom is -0.494 e. The molecule has 1 aromatic rings. The molecule has 0 aliphatic carbocycles. The third-order valence-electron chi connectivity index (χ3n) is 3.07. The fraction of sp³-hybridized carbons (Fsp3) is 0.250. The molecule has 2 rings (SSSR count). The lowest BCUT2D eigenvalue weighted by Gasteiger charge is -2.10. The number of urea groups is 1. The molecule has 0 unspecified atom stereocenters. The predicted molar refractivity (Wildman–Crippen MR) is 70.6 cm³/mol. The highest BCUT2D eigenvalue weighted by molar-refractivity contribution is 6.02. The van der Waals surface area contributed by atoms with Crippen LogP contribution in [0.5, 0.6) is 5.88 Å². The van der Waals surface area contributed by atoms with Crippen LogP contribution in [0, 0.1) is 18.3 Å². The van der Waals surface area contributed by atoms with E-state index in [0.29, 0.717) is 0 Å². The zero-order valence-corrected chi connectivity index (χ0v) is 11.2. The van der Waals surface area contributed by atoms with Crippen LogP contribution in [0.4, 0.5) is 4.79 Å². The molecule has 1 fully saturated rings. The summed E-state index contributed by atoms with van der Waals surface area (Å²) in [7, 11) is 1.31. The molecule has 1 aliphatic heterocycles. The van der Waals surface area contributed by atoms with E-state index in [1.54, 1.807) is 6.07 Å². The van der Waals surface area contributed by atoms with E-state index in [2.05, 4.69) is 5.10 Å². The first-order chi connectivity index (χ1) is 9.86. The minimum atomic E-state index is -0.682. The van der Waals surface area contributed by atoms with Gasteiger partial charge in [0.25, 0.3) is 5.56 Å². The summed E-state index contributed by atoms with van der Waals surface area (Å²) in [5.41, 5.74) is -0.383. The van der Waals surface area contributed by atoms with Gasteiger partial charge in [-0.3, -0.25) is 19.5 Å². The number of nitriles is 1. The van der Waals surface area contributed by atoms with Crippen molar-refractivity contribution >= 4 is 18.2 Å². The van der Waals surface area contributed by atoms with Crippen molar-refractivity contribution in [1.82, 2.24) is 14.9 Å². The first-order valence-electron chi connectivity index (χ1n) is 5.84. The van der Waals surface area contributed by atoms with Crippen molar-refractivity contribution < 1.29 is 14.7 Å². The molecule has 2 N–H and O–H groups in total. The quantitative estimate of drug-likeness (QED) is 0.541. The van der Waals surface area contributed by atoms with Crippen molar-refractivity contribution in [2.24, 2.45) is 12.1 Å². The number of amides is 3. The molecule has 21 heavy (non-hydrogen) atoms. The third-order valence-corrected chi connectivity index (χ3v) is 3.07. The molecule has 2 heterocycles. The molecule has 108 valence electrons. The average Bonchev–Trinajstić information content (AvgIpc) is 2.75. The van der Waals surface area contributed by atoms with Crippen LogP contribution in [-0.2, 0) is 11.8 Å². The molecule has 0 aromatic carbocycles. The van der Waals surface area contributed by atoms with Gasteiger partial charge < -0.3 is 5.11 Å². The first kappa shape index (κ1) is 14.3. The fourth-order valence-corrected chi connectivity index (χ4v) is 1.85. The van der Waals surface area contributed by atoms with Crippen LogP contribution in [0.1, 0.15) is 16.7 Å². The van der Waals surface area contributed by atoms with Gasteiger partial charge in [0, 0.05) is 7.05 Å². The number of imide groups is 1. The Bertz CT molecular complexity index is 771. The predicted octanol–water partition coefficient (Wildman–Crippen LogP) is -0.843. The number of hydrogen-bond donors (Lipinski definition) is 2. The topological polar surface area (TPSA) is 128 Å². The van der Waals surface area contributed by atoms with Gasteiger partial charge in [-0.1, -0.05) is 0 Å². The van der Waals surface area contributed by atoms with Gasteiger partial charge in [-0.05, 0) is 12.5 Å². The van der Waals surface area contributed by atoms with Crippen LogP contribution in [0.2, 0.25) is 0 Å². The maximum absolute atomic E-state index is 11.8. The SMILES string of the molecule is Cc1c(/C=N/N2CC(=O)NC2=O)c(O)n(C)c(=O)c1C#N. The molecule has 1 aromatic heterocycles. The summed E-state index contributed by atoms with van der Waals surface area (Å²) in [6.07, 6.45) is 1.13. The Labute approximate surface area is 118 Å². The second-order valence-corrected chi connectivity index (χ2v) is 4.37. The minimum absolute atomic E-state index is 0.126. The van der Waals surface area contributed by atoms with E-state index in [9.17, 15) is 19.5 Å². The van der Waals surface area contributed by atoms with Gasteiger partial charge >= 0.3 is 6.03 Å². The van der Waals surface area contributed by atoms with Crippen molar-refractivity contribution in [2.75, 3.05) is 6.54 Å². The number of carbonyl (C=O) groups is 2. The van der Waals surface area contributed by atoms with Gasteiger partial charge in [0.05, 0.1) is 11.8 Å². The fourth-order valence-electron chi connectivity index (χ4n) is 1.85. The van der Waals surface area contributed by atoms with Gasteiger partial charge in [0.15, 0.2) is 0 Å². The summed E-state index contributed by atoms with van der Waals surface area (Å²) < 4.78 is 0.905. The number of aromatic hydroxyl groups is 1. The maximum Gasteiger partial charge on any atom is 0.344 e. The molecule has 0 atom stereocenters. The van der Waals surface area contributed by atoms with E-state index in [1.165, 1.54) is 14.0 Å². The van der Waals surface area contributed by atoms with Crippen molar-refractivity contribution in [1.29, 1.82) is 5.26 Å². The highest BCUT2D eigenvalue weighted by Gasteiger charge is 2.26. The van der Waals surface area contributed by atoms with Crippen LogP contribution in [0.3, 0.4) is 0 Å². The number of nitrogens with zero attached hydrogens (tertiary/aromatic N) is 4. The number of carbonyl (C=O) groups excluding carboxylic acids is 2. The molecule has 9 heteroatoms. The van der Waals surface area contributed by atoms with Crippen LogP contribution in [0.25, 0.3) is 0 Å². The Kier molecular flexibility index (Phi) is 3.45. The Balaban J connectivity index is 2.48. The van der Waals surface area contributed by atoms with Crippen molar-refractivity contribution in [2.45, 2.75) is 6.92 Å². The molecule has 9 nitrogen and oxygen atoms in total. The molecule has 1 aliphatic rings. The number of hydrogen-bond acceptors (Lipinski definition) is 6. The second kappa shape index (κ2) is 5.09. The molecule has 0 saturated carbocycles. The van der Waals surface area contributed by atoms with Gasteiger partial charge in [0.2, 0.25) is 11.8 Å². The lowest BCUT2D eigenvalue weighted by molar-refractivity contribution is -0.118. The molecule has 1 saturated heterocycles. The standard InChI is InChI=1S/C12H11N5O4/c1-6-7(3-13)10(19)16(2)11(20)8(6)4-14-17-5-9(18)15-12(17)21/h4,20H,5H2,1-2H3,(H,15,18,21)/b14-4+. The summed E-state index contributed by atoms with van der Waals surface area (Å²) in [5.74, 6) is -0.873. The lowest BCUT2D eigenvalue weighted by atomic mass is 10.1. The number of pyridine rings is 1. The van der Waals surface area contributed by atoms with Crippen LogP contribution < -0.4 is 10.9 Å². The summed E-state index contributed by atoms with van der Waals surface area (Å²) in [6, 6.07) is 1.08. The monoisotopic (exact) mass is 289 g/mol. The molecule has 0 spiro atoms. The maximum atomic E-state index is 11.8. The Hall–Kier alpha value is -3.15. The zero-order valence-electron chi connectivity index (χ0n) is 11.2. The molecule has 0 bridgehead atoms. The number of aromatic nitrogens is 1. The Morgan fingerprint density at radius 3 is 2.62 bits per heavy atom. The second-order valence-electron chi connectivity index (χ2n) is 4.37. The number of hydrazone groups is 1.